The van der Waals surface area contributed by atoms with Crippen LogP contribution >= 0.6 is 0 Å². The minimum atomic E-state index is 0.153. The molecule has 0 unspecified atom stereocenters. The summed E-state index contributed by atoms with van der Waals surface area (Å²) in [4.78, 5) is 3.44. The maximum Gasteiger partial charge on any atom is 0.152 e. The lowest BCUT2D eigenvalue weighted by Gasteiger charge is -1.73. The van der Waals surface area contributed by atoms with Crippen LogP contribution < -0.4 is 0 Å². The number of nitriles is 1. The first-order chi connectivity index (χ1) is 3.35. The zero-order valence-corrected chi connectivity index (χ0v) is 3.97. The van der Waals surface area contributed by atoms with E-state index in [-0.39, 0.29) is 5.71 Å². The van der Waals surface area contributed by atoms with Gasteiger partial charge in [0.15, 0.2) is 5.71 Å². The topological polar surface area (TPSA) is 60.0 Å². The minimum Gasteiger partial charge on any atom is -0.306 e. The normalized spacial score (nSPS) is 10.0. The molecule has 0 atom stereocenters. The molecule has 0 amide bonds. The lowest BCUT2D eigenvalue weighted by atomic mass is 10.5. The lowest BCUT2D eigenvalue weighted by molar-refractivity contribution is 1.44. The Labute approximate surface area is 41.8 Å². The first-order valence-corrected chi connectivity index (χ1v) is 1.72. The number of nitrogens with zero attached hydrogens (tertiary/aromatic N) is 2. The maximum atomic E-state index is 7.99. The number of rotatable bonds is 1. The fourth-order valence-corrected chi connectivity index (χ4v) is 0.147. The van der Waals surface area contributed by atoms with Crippen molar-refractivity contribution in [1.82, 2.24) is 0 Å². The highest BCUT2D eigenvalue weighted by Crippen LogP contribution is 1.63. The van der Waals surface area contributed by atoms with E-state index in [1.165, 1.54) is 7.05 Å². The molecule has 0 aromatic heterocycles. The van der Waals surface area contributed by atoms with Gasteiger partial charge in [0, 0.05) is 7.05 Å². The van der Waals surface area contributed by atoms with Crippen molar-refractivity contribution in [3.63, 3.8) is 0 Å². The highest BCUT2D eigenvalue weighted by Gasteiger charge is 1.81. The Hall–Kier alpha value is -1.17. The van der Waals surface area contributed by atoms with Gasteiger partial charge in [-0.25, -0.2) is 0 Å². The molecule has 0 saturated heterocycles. The number of aliphatic imine (C=N–C) groups is 1. The molecule has 0 aromatic rings. The Balaban J connectivity index is 3.94. The molecule has 0 aliphatic carbocycles. The summed E-state index contributed by atoms with van der Waals surface area (Å²) in [6.45, 7) is 0. The third-order valence-corrected chi connectivity index (χ3v) is 0.492. The Kier molecular flexibility index (Phi) is 2.53. The molecule has 0 aliphatic heterocycles. The predicted molar refractivity (Wildman–Crippen MR) is 27.8 cm³/mol. The van der Waals surface area contributed by atoms with Gasteiger partial charge in [0.2, 0.25) is 0 Å². The molecule has 0 spiro atoms. The van der Waals surface area contributed by atoms with Crippen molar-refractivity contribution in [3.05, 3.63) is 0 Å². The summed E-state index contributed by atoms with van der Waals surface area (Å²) >= 11 is 0. The van der Waals surface area contributed by atoms with E-state index >= 15 is 0 Å². The van der Waals surface area contributed by atoms with Gasteiger partial charge in [0.05, 0.1) is 6.21 Å². The van der Waals surface area contributed by atoms with E-state index in [0.29, 0.717) is 0 Å². The van der Waals surface area contributed by atoms with Crippen LogP contribution in [0.1, 0.15) is 0 Å². The summed E-state index contributed by atoms with van der Waals surface area (Å²) < 4.78 is 0. The zero-order chi connectivity index (χ0) is 5.70. The van der Waals surface area contributed by atoms with Crippen molar-refractivity contribution in [2.75, 3.05) is 7.05 Å². The van der Waals surface area contributed by atoms with Crippen molar-refractivity contribution >= 4 is 11.9 Å². The van der Waals surface area contributed by atoms with E-state index < -0.39 is 0 Å². The van der Waals surface area contributed by atoms with Gasteiger partial charge in [-0.1, -0.05) is 0 Å². The summed E-state index contributed by atoms with van der Waals surface area (Å²) in [5.74, 6) is 0. The SMILES string of the molecule is CN=C(C#N)C=N. The Morgan fingerprint density at radius 1 is 2.00 bits per heavy atom. The van der Waals surface area contributed by atoms with Crippen LogP contribution in [0, 0.1) is 16.7 Å². The number of nitrogens with one attached hydrogen (secondary N) is 1. The van der Waals surface area contributed by atoms with Gasteiger partial charge in [0.25, 0.3) is 0 Å². The van der Waals surface area contributed by atoms with E-state index in [2.05, 4.69) is 4.99 Å². The molecule has 1 N–H and O–H groups in total. The fourth-order valence-electron chi connectivity index (χ4n) is 0.147. The molecule has 0 heterocycles. The molecule has 0 rings (SSSR count). The van der Waals surface area contributed by atoms with Crippen molar-refractivity contribution in [3.8, 4) is 6.07 Å². The van der Waals surface area contributed by atoms with Gasteiger partial charge in [-0.3, -0.25) is 4.99 Å². The summed E-state index contributed by atoms with van der Waals surface area (Å²) in [7, 11) is 1.48. The van der Waals surface area contributed by atoms with E-state index in [4.69, 9.17) is 10.7 Å². The van der Waals surface area contributed by atoms with Crippen LogP contribution in [-0.2, 0) is 0 Å². The van der Waals surface area contributed by atoms with Crippen LogP contribution in [0.3, 0.4) is 0 Å². The molecule has 0 aromatic carbocycles. The third-order valence-electron chi connectivity index (χ3n) is 0.492. The quantitative estimate of drug-likeness (QED) is 0.465. The highest BCUT2D eigenvalue weighted by atomic mass is 14.7. The van der Waals surface area contributed by atoms with Crippen LogP contribution in [0.5, 0.6) is 0 Å². The minimum absolute atomic E-state index is 0.153. The van der Waals surface area contributed by atoms with Crippen LogP contribution in [0.15, 0.2) is 4.99 Å². The lowest BCUT2D eigenvalue weighted by Crippen LogP contribution is -1.91. The average molecular weight is 95.1 g/mol. The first-order valence-electron chi connectivity index (χ1n) is 1.72. The monoisotopic (exact) mass is 95.0 g/mol. The van der Waals surface area contributed by atoms with Gasteiger partial charge in [0.1, 0.15) is 6.07 Å². The molecular formula is C4H5N3. The summed E-state index contributed by atoms with van der Waals surface area (Å²) in [6.07, 6.45) is 0.917. The van der Waals surface area contributed by atoms with Crippen molar-refractivity contribution in [2.24, 2.45) is 4.99 Å². The smallest absolute Gasteiger partial charge is 0.152 e. The van der Waals surface area contributed by atoms with Gasteiger partial charge >= 0.3 is 0 Å². The molecule has 7 heavy (non-hydrogen) atoms. The van der Waals surface area contributed by atoms with E-state index in [1.807, 2.05) is 0 Å². The molecule has 0 bridgehead atoms. The Morgan fingerprint density at radius 3 is 2.57 bits per heavy atom. The number of hydrogen-bond acceptors (Lipinski definition) is 3. The molecule has 3 heteroatoms. The second-order valence-corrected chi connectivity index (χ2v) is 0.865. The van der Waals surface area contributed by atoms with E-state index in [0.717, 1.165) is 6.21 Å². The largest absolute Gasteiger partial charge is 0.306 e. The molecule has 3 nitrogen and oxygen atoms in total. The summed E-state index contributed by atoms with van der Waals surface area (Å²) in [5, 5.41) is 14.5. The van der Waals surface area contributed by atoms with E-state index in [1.54, 1.807) is 6.07 Å². The van der Waals surface area contributed by atoms with Gasteiger partial charge < -0.3 is 5.41 Å². The molecular weight excluding hydrogens is 90.1 g/mol. The third kappa shape index (κ3) is 1.66. The number of hydrogen-bond donors (Lipinski definition) is 1. The summed E-state index contributed by atoms with van der Waals surface area (Å²) in [5.41, 5.74) is 0.153. The van der Waals surface area contributed by atoms with Gasteiger partial charge in [-0.05, 0) is 0 Å². The van der Waals surface area contributed by atoms with E-state index in [9.17, 15) is 0 Å². The van der Waals surface area contributed by atoms with Crippen molar-refractivity contribution in [1.29, 1.82) is 10.7 Å². The van der Waals surface area contributed by atoms with Crippen LogP contribution in [0.2, 0.25) is 0 Å². The van der Waals surface area contributed by atoms with Crippen LogP contribution in [-0.4, -0.2) is 19.0 Å². The van der Waals surface area contributed by atoms with Crippen LogP contribution in [0.4, 0.5) is 0 Å². The predicted octanol–water partition coefficient (Wildman–Crippen LogP) is 0.230. The zero-order valence-electron chi connectivity index (χ0n) is 3.97. The second-order valence-electron chi connectivity index (χ2n) is 0.865. The second kappa shape index (κ2) is 3.04. The fraction of sp³-hybridized carbons (Fsp3) is 0.250. The molecule has 36 valence electrons. The first kappa shape index (κ1) is 5.83. The molecule has 0 radical (unpaired) electrons. The molecule has 0 aliphatic rings. The molecule has 0 fully saturated rings. The summed E-state index contributed by atoms with van der Waals surface area (Å²) in [6, 6.07) is 1.71. The maximum absolute atomic E-state index is 7.99. The van der Waals surface area contributed by atoms with Crippen LogP contribution in [0.25, 0.3) is 0 Å². The average Bonchev–Trinajstić information content (AvgIpc) is 1.72. The molecule has 0 saturated carbocycles. The Morgan fingerprint density at radius 2 is 2.57 bits per heavy atom. The van der Waals surface area contributed by atoms with Crippen molar-refractivity contribution < 1.29 is 0 Å². The standard InChI is InChI=1S/C4H5N3/c1-7-4(2-5)3-6/h2,5H,1H3. The highest BCUT2D eigenvalue weighted by molar-refractivity contribution is 6.36. The van der Waals surface area contributed by atoms with Crippen molar-refractivity contribution in [2.45, 2.75) is 0 Å². The van der Waals surface area contributed by atoms with Gasteiger partial charge in [-0.15, -0.1) is 0 Å². The Bertz CT molecular complexity index is 128. The van der Waals surface area contributed by atoms with Gasteiger partial charge in [-0.2, -0.15) is 5.26 Å².